The molecule has 2 atom stereocenters. The number of nitrogens with zero attached hydrogens (tertiary/aromatic N) is 1. The molecular formula is C14H20N2O2S. The molecular weight excluding hydrogens is 260 g/mol. The predicted octanol–water partition coefficient (Wildman–Crippen LogP) is 1.93. The molecule has 0 bridgehead atoms. The van der Waals surface area contributed by atoms with Crippen LogP contribution in [0.2, 0.25) is 0 Å². The third kappa shape index (κ3) is 2.21. The SMILES string of the molecule is CN1C(=O)[C@](C)(NS(=O)C(C)(C)C)c2ccccc21. The Morgan fingerprint density at radius 1 is 1.26 bits per heavy atom. The molecule has 1 N–H and O–H groups in total. The minimum atomic E-state index is -1.31. The highest BCUT2D eigenvalue weighted by molar-refractivity contribution is 7.84. The fourth-order valence-electron chi connectivity index (χ4n) is 2.19. The number of amides is 1. The fourth-order valence-corrected chi connectivity index (χ4v) is 3.06. The van der Waals surface area contributed by atoms with Crippen molar-refractivity contribution in [3.8, 4) is 0 Å². The summed E-state index contributed by atoms with van der Waals surface area (Å²) >= 11 is 0. The zero-order valence-electron chi connectivity index (χ0n) is 12.0. The number of fused-ring (bicyclic) bond motifs is 1. The molecule has 1 unspecified atom stereocenters. The molecule has 104 valence electrons. The second-order valence-electron chi connectivity index (χ2n) is 5.99. The maximum absolute atomic E-state index is 12.5. The van der Waals surface area contributed by atoms with Gasteiger partial charge in [0, 0.05) is 18.3 Å². The summed E-state index contributed by atoms with van der Waals surface area (Å²) in [5.74, 6) is -0.0775. The van der Waals surface area contributed by atoms with Crippen molar-refractivity contribution < 1.29 is 9.00 Å². The highest BCUT2D eigenvalue weighted by Gasteiger charge is 2.47. The third-order valence-electron chi connectivity index (χ3n) is 3.39. The van der Waals surface area contributed by atoms with Gasteiger partial charge in [0.1, 0.15) is 5.54 Å². The number of hydrogen-bond acceptors (Lipinski definition) is 2. The van der Waals surface area contributed by atoms with Gasteiger partial charge in [-0.1, -0.05) is 18.2 Å². The summed E-state index contributed by atoms with van der Waals surface area (Å²) < 4.78 is 14.9. The van der Waals surface area contributed by atoms with Crippen molar-refractivity contribution in [3.05, 3.63) is 29.8 Å². The van der Waals surface area contributed by atoms with Crippen LogP contribution in [-0.2, 0) is 21.3 Å². The summed E-state index contributed by atoms with van der Waals surface area (Å²) in [6.45, 7) is 7.44. The summed E-state index contributed by atoms with van der Waals surface area (Å²) in [6.07, 6.45) is 0. The van der Waals surface area contributed by atoms with Gasteiger partial charge in [0.15, 0.2) is 0 Å². The van der Waals surface area contributed by atoms with E-state index in [2.05, 4.69) is 4.72 Å². The molecule has 1 aliphatic heterocycles. The van der Waals surface area contributed by atoms with Crippen molar-refractivity contribution in [3.63, 3.8) is 0 Å². The Bertz CT molecular complexity index is 551. The zero-order chi connectivity index (χ0) is 14.4. The summed E-state index contributed by atoms with van der Waals surface area (Å²) in [6, 6.07) is 7.60. The summed E-state index contributed by atoms with van der Waals surface area (Å²) in [5, 5.41) is 0. The highest BCUT2D eigenvalue weighted by atomic mass is 32.2. The minimum absolute atomic E-state index is 0.0775. The third-order valence-corrected chi connectivity index (χ3v) is 5.10. The number of para-hydroxylation sites is 1. The van der Waals surface area contributed by atoms with Crippen molar-refractivity contribution in [1.29, 1.82) is 0 Å². The maximum Gasteiger partial charge on any atom is 0.252 e. The lowest BCUT2D eigenvalue weighted by atomic mass is 9.95. The van der Waals surface area contributed by atoms with Crippen molar-refractivity contribution >= 4 is 22.6 Å². The molecule has 2 rings (SSSR count). The van der Waals surface area contributed by atoms with Gasteiger partial charge in [-0.2, -0.15) is 0 Å². The maximum atomic E-state index is 12.5. The molecule has 0 fully saturated rings. The molecule has 0 aromatic heterocycles. The van der Waals surface area contributed by atoms with Crippen LogP contribution in [0.15, 0.2) is 24.3 Å². The van der Waals surface area contributed by atoms with E-state index in [4.69, 9.17) is 0 Å². The lowest BCUT2D eigenvalue weighted by Crippen LogP contribution is -2.51. The summed E-state index contributed by atoms with van der Waals surface area (Å²) in [4.78, 5) is 14.1. The molecule has 0 aliphatic carbocycles. The molecule has 0 radical (unpaired) electrons. The number of carbonyl (C=O) groups excluding carboxylic acids is 1. The van der Waals surface area contributed by atoms with Crippen LogP contribution in [0.25, 0.3) is 0 Å². The lowest BCUT2D eigenvalue weighted by Gasteiger charge is -2.28. The van der Waals surface area contributed by atoms with Crippen LogP contribution in [0.5, 0.6) is 0 Å². The first-order chi connectivity index (χ1) is 8.68. The number of carbonyl (C=O) groups is 1. The Balaban J connectivity index is 2.44. The number of anilines is 1. The van der Waals surface area contributed by atoms with Crippen LogP contribution >= 0.6 is 0 Å². The number of nitrogens with one attached hydrogen (secondary N) is 1. The van der Waals surface area contributed by atoms with E-state index in [1.165, 1.54) is 0 Å². The average Bonchev–Trinajstić information content (AvgIpc) is 2.52. The van der Waals surface area contributed by atoms with Gasteiger partial charge in [-0.3, -0.25) is 4.79 Å². The van der Waals surface area contributed by atoms with Gasteiger partial charge >= 0.3 is 0 Å². The van der Waals surface area contributed by atoms with Gasteiger partial charge in [0.2, 0.25) is 0 Å². The first-order valence-corrected chi connectivity index (χ1v) is 7.40. The molecule has 1 amide bonds. The van der Waals surface area contributed by atoms with E-state index in [0.29, 0.717) is 0 Å². The predicted molar refractivity (Wildman–Crippen MR) is 78.2 cm³/mol. The van der Waals surface area contributed by atoms with E-state index >= 15 is 0 Å². The van der Waals surface area contributed by atoms with Gasteiger partial charge in [-0.25, -0.2) is 8.93 Å². The van der Waals surface area contributed by atoms with Gasteiger partial charge in [-0.05, 0) is 33.8 Å². The molecule has 19 heavy (non-hydrogen) atoms. The minimum Gasteiger partial charge on any atom is -0.313 e. The Labute approximate surface area is 116 Å². The van der Waals surface area contributed by atoms with E-state index in [1.807, 2.05) is 45.0 Å². The van der Waals surface area contributed by atoms with Crippen LogP contribution in [-0.4, -0.2) is 21.9 Å². The second kappa shape index (κ2) is 4.42. The largest absolute Gasteiger partial charge is 0.313 e. The smallest absolute Gasteiger partial charge is 0.252 e. The Kier molecular flexibility index (Phi) is 3.31. The molecule has 5 heteroatoms. The Morgan fingerprint density at radius 3 is 2.42 bits per heavy atom. The van der Waals surface area contributed by atoms with Crippen molar-refractivity contribution in [2.45, 2.75) is 38.0 Å². The number of rotatable bonds is 2. The molecule has 0 spiro atoms. The first kappa shape index (κ1) is 14.2. The average molecular weight is 280 g/mol. The van der Waals surface area contributed by atoms with E-state index in [-0.39, 0.29) is 5.91 Å². The number of likely N-dealkylation sites (N-methyl/N-ethyl adjacent to an activating group) is 1. The van der Waals surface area contributed by atoms with Crippen LogP contribution in [0.1, 0.15) is 33.3 Å². The van der Waals surface area contributed by atoms with Crippen LogP contribution in [0.4, 0.5) is 5.69 Å². The van der Waals surface area contributed by atoms with Crippen LogP contribution in [0, 0.1) is 0 Å². The number of benzene rings is 1. The molecule has 4 nitrogen and oxygen atoms in total. The van der Waals surface area contributed by atoms with Gasteiger partial charge in [0.25, 0.3) is 5.91 Å². The molecule has 0 saturated carbocycles. The molecule has 1 aliphatic rings. The molecule has 1 aromatic rings. The van der Waals surface area contributed by atoms with E-state index in [9.17, 15) is 9.00 Å². The fraction of sp³-hybridized carbons (Fsp3) is 0.500. The van der Waals surface area contributed by atoms with Crippen molar-refractivity contribution in [2.24, 2.45) is 0 Å². The van der Waals surface area contributed by atoms with E-state index < -0.39 is 21.3 Å². The normalized spacial score (nSPS) is 24.5. The Hall–Kier alpha value is -1.20. The van der Waals surface area contributed by atoms with Crippen LogP contribution < -0.4 is 9.62 Å². The Morgan fingerprint density at radius 2 is 1.84 bits per heavy atom. The number of hydrogen-bond donors (Lipinski definition) is 1. The molecule has 0 saturated heterocycles. The standard InChI is InChI=1S/C14H20N2O2S/c1-13(2,3)19(18)15-14(4)10-8-6-7-9-11(10)16(5)12(14)17/h6-9,15H,1-5H3/t14-,19?/m1/s1. The van der Waals surface area contributed by atoms with Crippen molar-refractivity contribution in [2.75, 3.05) is 11.9 Å². The topological polar surface area (TPSA) is 49.4 Å². The van der Waals surface area contributed by atoms with Crippen LogP contribution in [0.3, 0.4) is 0 Å². The monoisotopic (exact) mass is 280 g/mol. The first-order valence-electron chi connectivity index (χ1n) is 6.25. The lowest BCUT2D eigenvalue weighted by molar-refractivity contribution is -0.122. The highest BCUT2D eigenvalue weighted by Crippen LogP contribution is 2.39. The second-order valence-corrected chi connectivity index (χ2v) is 7.96. The molecule has 1 heterocycles. The zero-order valence-corrected chi connectivity index (χ0v) is 12.8. The van der Waals surface area contributed by atoms with Gasteiger partial charge in [-0.15, -0.1) is 0 Å². The van der Waals surface area contributed by atoms with E-state index in [0.717, 1.165) is 11.3 Å². The van der Waals surface area contributed by atoms with Gasteiger partial charge < -0.3 is 4.90 Å². The van der Waals surface area contributed by atoms with Gasteiger partial charge in [0.05, 0.1) is 15.7 Å². The molecule has 1 aromatic carbocycles. The summed E-state index contributed by atoms with van der Waals surface area (Å²) in [5.41, 5.74) is 0.817. The summed E-state index contributed by atoms with van der Waals surface area (Å²) in [7, 11) is 0.437. The quantitative estimate of drug-likeness (QED) is 0.900. The van der Waals surface area contributed by atoms with Crippen molar-refractivity contribution in [1.82, 2.24) is 4.72 Å². The van der Waals surface area contributed by atoms with E-state index in [1.54, 1.807) is 18.9 Å².